The van der Waals surface area contributed by atoms with Crippen LogP contribution in [0.25, 0.3) is 11.3 Å². The lowest BCUT2D eigenvalue weighted by atomic mass is 10.0. The van der Waals surface area contributed by atoms with Crippen LogP contribution < -0.4 is 15.8 Å². The maximum absolute atomic E-state index is 11.9. The van der Waals surface area contributed by atoms with E-state index in [1.165, 1.54) is 5.56 Å². The summed E-state index contributed by atoms with van der Waals surface area (Å²) < 4.78 is 5.64. The maximum Gasteiger partial charge on any atom is 0.234 e. The minimum atomic E-state index is 0.109. The predicted octanol–water partition coefficient (Wildman–Crippen LogP) is 2.02. The molecule has 7 heteroatoms. The third kappa shape index (κ3) is 6.18. The number of anilines is 1. The van der Waals surface area contributed by atoms with Gasteiger partial charge in [-0.2, -0.15) is 0 Å². The monoisotopic (exact) mass is 411 g/mol. The Balaban J connectivity index is 1.52. The van der Waals surface area contributed by atoms with Crippen molar-refractivity contribution < 1.29 is 9.53 Å². The summed E-state index contributed by atoms with van der Waals surface area (Å²) >= 11 is 0. The molecular weight excluding hydrogens is 378 g/mol. The molecular formula is C23H33N5O2. The van der Waals surface area contributed by atoms with Gasteiger partial charge in [-0.3, -0.25) is 9.69 Å². The standard InChI is InChI=1S/C23H33N5O2/c1-17(2)25-23(29)16-28-13-11-27(12-14-28)10-9-18-7-8-19(15-21(18)30-3)20-5-4-6-22(24)26-20/h4-8,15,17H,9-14,16H2,1-3H3,(H2,24,26)(H,25,29). The van der Waals surface area contributed by atoms with E-state index in [1.54, 1.807) is 13.2 Å². The van der Waals surface area contributed by atoms with Crippen LogP contribution in [0.3, 0.4) is 0 Å². The molecule has 0 atom stereocenters. The molecule has 0 aliphatic carbocycles. The third-order valence-electron chi connectivity index (χ3n) is 5.33. The molecule has 3 rings (SSSR count). The van der Waals surface area contributed by atoms with Gasteiger partial charge in [0.25, 0.3) is 0 Å². The number of rotatable bonds is 8. The molecule has 1 aromatic heterocycles. The average molecular weight is 412 g/mol. The smallest absolute Gasteiger partial charge is 0.234 e. The first-order chi connectivity index (χ1) is 14.4. The van der Waals surface area contributed by atoms with E-state index in [-0.39, 0.29) is 11.9 Å². The van der Waals surface area contributed by atoms with Gasteiger partial charge in [0.15, 0.2) is 0 Å². The Morgan fingerprint density at radius 1 is 1.17 bits per heavy atom. The fourth-order valence-electron chi connectivity index (χ4n) is 3.74. The summed E-state index contributed by atoms with van der Waals surface area (Å²) in [6.07, 6.45) is 0.918. The number of piperazine rings is 1. The van der Waals surface area contributed by atoms with Crippen molar-refractivity contribution in [2.24, 2.45) is 0 Å². The zero-order chi connectivity index (χ0) is 21.5. The minimum absolute atomic E-state index is 0.109. The van der Waals surface area contributed by atoms with Crippen LogP contribution in [-0.2, 0) is 11.2 Å². The number of pyridine rings is 1. The molecule has 0 spiro atoms. The lowest BCUT2D eigenvalue weighted by molar-refractivity contribution is -0.123. The number of nitrogens with one attached hydrogen (secondary N) is 1. The number of ether oxygens (including phenoxy) is 1. The molecule has 0 saturated carbocycles. The van der Waals surface area contributed by atoms with Crippen LogP contribution >= 0.6 is 0 Å². The van der Waals surface area contributed by atoms with Crippen molar-refractivity contribution in [2.45, 2.75) is 26.3 Å². The topological polar surface area (TPSA) is 83.7 Å². The van der Waals surface area contributed by atoms with Crippen LogP contribution in [0, 0.1) is 0 Å². The first kappa shape index (κ1) is 22.1. The number of nitrogens with zero attached hydrogens (tertiary/aromatic N) is 3. The summed E-state index contributed by atoms with van der Waals surface area (Å²) in [5, 5.41) is 2.96. The van der Waals surface area contributed by atoms with Crippen molar-refractivity contribution in [1.29, 1.82) is 0 Å². The van der Waals surface area contributed by atoms with Crippen LogP contribution in [0.4, 0.5) is 5.82 Å². The Labute approximate surface area is 179 Å². The highest BCUT2D eigenvalue weighted by Crippen LogP contribution is 2.27. The van der Waals surface area contributed by atoms with Crippen molar-refractivity contribution in [3.63, 3.8) is 0 Å². The van der Waals surface area contributed by atoms with E-state index in [2.05, 4.69) is 32.2 Å². The van der Waals surface area contributed by atoms with Crippen molar-refractivity contribution >= 4 is 11.7 Å². The zero-order valence-electron chi connectivity index (χ0n) is 18.2. The van der Waals surface area contributed by atoms with Crippen LogP contribution in [0.2, 0.25) is 0 Å². The largest absolute Gasteiger partial charge is 0.496 e. The Hall–Kier alpha value is -2.64. The van der Waals surface area contributed by atoms with Gasteiger partial charge in [0.1, 0.15) is 11.6 Å². The quantitative estimate of drug-likeness (QED) is 0.692. The van der Waals surface area contributed by atoms with E-state index in [1.807, 2.05) is 32.0 Å². The van der Waals surface area contributed by atoms with E-state index < -0.39 is 0 Å². The van der Waals surface area contributed by atoms with Gasteiger partial charge in [-0.15, -0.1) is 0 Å². The van der Waals surface area contributed by atoms with Gasteiger partial charge in [0, 0.05) is 44.3 Å². The number of nitrogen functional groups attached to an aromatic ring is 1. The van der Waals surface area contributed by atoms with Gasteiger partial charge in [-0.05, 0) is 44.0 Å². The van der Waals surface area contributed by atoms with E-state index in [4.69, 9.17) is 10.5 Å². The van der Waals surface area contributed by atoms with Crippen molar-refractivity contribution in [2.75, 3.05) is 52.1 Å². The van der Waals surface area contributed by atoms with Crippen LogP contribution in [0.15, 0.2) is 36.4 Å². The number of nitrogens with two attached hydrogens (primary N) is 1. The van der Waals surface area contributed by atoms with E-state index in [9.17, 15) is 4.79 Å². The number of methoxy groups -OCH3 is 1. The molecule has 1 aliphatic heterocycles. The Kier molecular flexibility index (Phi) is 7.65. The van der Waals surface area contributed by atoms with Crippen molar-refractivity contribution in [3.05, 3.63) is 42.0 Å². The predicted molar refractivity (Wildman–Crippen MR) is 121 cm³/mol. The molecule has 162 valence electrons. The molecule has 2 aromatic rings. The van der Waals surface area contributed by atoms with Crippen LogP contribution in [0.5, 0.6) is 5.75 Å². The molecule has 0 bridgehead atoms. The van der Waals surface area contributed by atoms with Gasteiger partial charge < -0.3 is 20.7 Å². The molecule has 2 heterocycles. The Bertz CT molecular complexity index is 847. The molecule has 1 amide bonds. The molecule has 30 heavy (non-hydrogen) atoms. The lowest BCUT2D eigenvalue weighted by Crippen LogP contribution is -2.50. The molecule has 1 saturated heterocycles. The van der Waals surface area contributed by atoms with Crippen LogP contribution in [-0.4, -0.2) is 73.1 Å². The fourth-order valence-corrected chi connectivity index (χ4v) is 3.74. The number of carbonyl (C=O) groups is 1. The highest BCUT2D eigenvalue weighted by molar-refractivity contribution is 5.78. The normalized spacial score (nSPS) is 15.3. The van der Waals surface area contributed by atoms with Gasteiger partial charge in [0.2, 0.25) is 5.91 Å². The maximum atomic E-state index is 11.9. The Morgan fingerprint density at radius 3 is 2.57 bits per heavy atom. The van der Waals surface area contributed by atoms with Gasteiger partial charge in [-0.25, -0.2) is 4.98 Å². The molecule has 0 unspecified atom stereocenters. The second kappa shape index (κ2) is 10.4. The lowest BCUT2D eigenvalue weighted by Gasteiger charge is -2.34. The SMILES string of the molecule is COc1cc(-c2cccc(N)n2)ccc1CCN1CCN(CC(=O)NC(C)C)CC1. The molecule has 1 aromatic carbocycles. The van der Waals surface area contributed by atoms with Crippen molar-refractivity contribution in [1.82, 2.24) is 20.1 Å². The van der Waals surface area contributed by atoms with E-state index >= 15 is 0 Å². The second-order valence-electron chi connectivity index (χ2n) is 8.06. The summed E-state index contributed by atoms with van der Waals surface area (Å²) in [4.78, 5) is 21.0. The van der Waals surface area contributed by atoms with Gasteiger partial charge in [0.05, 0.1) is 19.3 Å². The first-order valence-corrected chi connectivity index (χ1v) is 10.6. The van der Waals surface area contributed by atoms with E-state index in [0.29, 0.717) is 12.4 Å². The minimum Gasteiger partial charge on any atom is -0.496 e. The summed E-state index contributed by atoms with van der Waals surface area (Å²) in [7, 11) is 1.70. The third-order valence-corrected chi connectivity index (χ3v) is 5.33. The zero-order valence-corrected chi connectivity index (χ0v) is 18.2. The van der Waals surface area contributed by atoms with Gasteiger partial charge >= 0.3 is 0 Å². The highest BCUT2D eigenvalue weighted by Gasteiger charge is 2.19. The number of hydrogen-bond acceptors (Lipinski definition) is 6. The van der Waals surface area contributed by atoms with E-state index in [0.717, 1.165) is 56.2 Å². The summed E-state index contributed by atoms with van der Waals surface area (Å²) in [6.45, 7) is 9.22. The highest BCUT2D eigenvalue weighted by atomic mass is 16.5. The summed E-state index contributed by atoms with van der Waals surface area (Å²) in [5.41, 5.74) is 8.84. The fraction of sp³-hybridized carbons (Fsp3) is 0.478. The first-order valence-electron chi connectivity index (χ1n) is 10.6. The van der Waals surface area contributed by atoms with Crippen molar-refractivity contribution in [3.8, 4) is 17.0 Å². The van der Waals surface area contributed by atoms with Crippen LogP contribution in [0.1, 0.15) is 19.4 Å². The number of carbonyl (C=O) groups excluding carboxylic acids is 1. The van der Waals surface area contributed by atoms with Gasteiger partial charge in [-0.1, -0.05) is 18.2 Å². The summed E-state index contributed by atoms with van der Waals surface area (Å²) in [5.74, 6) is 1.50. The molecule has 3 N–H and O–H groups in total. The second-order valence-corrected chi connectivity index (χ2v) is 8.06. The number of benzene rings is 1. The number of hydrogen-bond donors (Lipinski definition) is 2. The molecule has 0 radical (unpaired) electrons. The summed E-state index contributed by atoms with van der Waals surface area (Å²) in [6, 6.07) is 12.1. The average Bonchev–Trinajstić information content (AvgIpc) is 2.72. The Morgan fingerprint density at radius 2 is 1.90 bits per heavy atom. The molecule has 7 nitrogen and oxygen atoms in total. The molecule has 1 fully saturated rings. The number of aromatic nitrogens is 1. The molecule has 1 aliphatic rings. The number of amides is 1.